The maximum atomic E-state index is 13.2. The number of nitriles is 1. The van der Waals surface area contributed by atoms with Gasteiger partial charge in [0.2, 0.25) is 0 Å². The van der Waals surface area contributed by atoms with Gasteiger partial charge < -0.3 is 9.47 Å². The molecule has 0 radical (unpaired) electrons. The van der Waals surface area contributed by atoms with Crippen molar-refractivity contribution in [1.29, 1.82) is 5.26 Å². The van der Waals surface area contributed by atoms with Crippen molar-refractivity contribution in [3.8, 4) is 17.6 Å². The van der Waals surface area contributed by atoms with Gasteiger partial charge in [-0.15, -0.1) is 0 Å². The summed E-state index contributed by atoms with van der Waals surface area (Å²) in [5.41, 5.74) is 2.12. The Bertz CT molecular complexity index is 1190. The normalized spacial score (nSPS) is 14.9. The van der Waals surface area contributed by atoms with Crippen LogP contribution in [0.4, 0.5) is 4.39 Å². The van der Waals surface area contributed by atoms with Gasteiger partial charge in [0.25, 0.3) is 11.8 Å². The number of methoxy groups -OCH3 is 1. The first-order valence-electron chi connectivity index (χ1n) is 11.6. The summed E-state index contributed by atoms with van der Waals surface area (Å²) < 4.78 is 24.4. The summed E-state index contributed by atoms with van der Waals surface area (Å²) in [5.74, 6) is -0.304. The van der Waals surface area contributed by atoms with Crippen molar-refractivity contribution in [2.75, 3.05) is 13.7 Å². The highest BCUT2D eigenvalue weighted by molar-refractivity contribution is 6.19. The monoisotopic (exact) mass is 476 g/mol. The molecule has 35 heavy (non-hydrogen) atoms. The van der Waals surface area contributed by atoms with E-state index < -0.39 is 11.8 Å². The Kier molecular flexibility index (Phi) is 8.80. The van der Waals surface area contributed by atoms with E-state index in [4.69, 9.17) is 9.47 Å². The zero-order valence-electron chi connectivity index (χ0n) is 20.3. The molecule has 0 unspecified atom stereocenters. The van der Waals surface area contributed by atoms with Crippen molar-refractivity contribution >= 4 is 17.9 Å². The molecule has 0 fully saturated rings. The number of unbranched alkanes of at least 4 members (excludes halogenated alkanes) is 3. The predicted octanol–water partition coefficient (Wildman–Crippen LogP) is 5.59. The number of hydrogen-bond donors (Lipinski definition) is 0. The molecule has 0 saturated carbocycles. The highest BCUT2D eigenvalue weighted by Crippen LogP contribution is 2.32. The van der Waals surface area contributed by atoms with Crippen LogP contribution in [-0.2, 0) is 16.2 Å². The summed E-state index contributed by atoms with van der Waals surface area (Å²) in [4.78, 5) is 27.1. The van der Waals surface area contributed by atoms with Gasteiger partial charge in [0.05, 0.1) is 7.11 Å². The lowest BCUT2D eigenvalue weighted by molar-refractivity contribution is -0.140. The van der Waals surface area contributed by atoms with Crippen LogP contribution in [0.5, 0.6) is 11.5 Å². The number of imide groups is 1. The Balaban J connectivity index is 1.85. The van der Waals surface area contributed by atoms with Crippen LogP contribution in [-0.4, -0.2) is 30.4 Å². The molecule has 1 aliphatic heterocycles. The second kappa shape index (κ2) is 12.0. The molecular weight excluding hydrogens is 447 g/mol. The van der Waals surface area contributed by atoms with E-state index in [9.17, 15) is 19.2 Å². The number of halogens is 1. The van der Waals surface area contributed by atoms with Crippen molar-refractivity contribution in [3.05, 3.63) is 76.1 Å². The van der Waals surface area contributed by atoms with Gasteiger partial charge in [0.15, 0.2) is 11.5 Å². The first-order chi connectivity index (χ1) is 16.9. The van der Waals surface area contributed by atoms with Crippen LogP contribution in [0.1, 0.15) is 50.7 Å². The number of carbonyl (C=O) groups excluding carboxylic acids is 2. The molecule has 0 aromatic heterocycles. The van der Waals surface area contributed by atoms with E-state index in [-0.39, 0.29) is 24.5 Å². The van der Waals surface area contributed by atoms with Crippen LogP contribution in [0.25, 0.3) is 6.08 Å². The maximum Gasteiger partial charge on any atom is 0.271 e. The average molecular weight is 477 g/mol. The molecule has 182 valence electrons. The van der Waals surface area contributed by atoms with E-state index in [1.165, 1.54) is 24.1 Å². The van der Waals surface area contributed by atoms with E-state index >= 15 is 0 Å². The van der Waals surface area contributed by atoms with Crippen molar-refractivity contribution < 1.29 is 23.5 Å². The molecule has 3 rings (SSSR count). The second-order valence-electron chi connectivity index (χ2n) is 8.32. The molecule has 1 heterocycles. The van der Waals surface area contributed by atoms with E-state index in [0.29, 0.717) is 34.6 Å². The summed E-state index contributed by atoms with van der Waals surface area (Å²) in [7, 11) is 1.51. The number of rotatable bonds is 10. The Hall–Kier alpha value is -3.92. The van der Waals surface area contributed by atoms with E-state index in [2.05, 4.69) is 6.92 Å². The van der Waals surface area contributed by atoms with E-state index in [1.54, 1.807) is 43.3 Å². The molecule has 2 amide bonds. The molecule has 0 saturated heterocycles. The maximum absolute atomic E-state index is 13.2. The average Bonchev–Trinajstić information content (AvgIpc) is 2.86. The number of hydrogen-bond acceptors (Lipinski definition) is 5. The SMILES string of the molecule is CCCCCCN1C(=O)C(C#N)=C(C)/C(=C\c2ccc(OCc3ccc(F)cc3)c(OC)c2)C1=O. The number of nitrogens with zero attached hydrogens (tertiary/aromatic N) is 2. The predicted molar refractivity (Wildman–Crippen MR) is 131 cm³/mol. The fourth-order valence-electron chi connectivity index (χ4n) is 3.83. The first kappa shape index (κ1) is 25.7. The topological polar surface area (TPSA) is 79.6 Å². The van der Waals surface area contributed by atoms with Crippen molar-refractivity contribution in [3.63, 3.8) is 0 Å². The van der Waals surface area contributed by atoms with Gasteiger partial charge in [-0.1, -0.05) is 44.4 Å². The summed E-state index contributed by atoms with van der Waals surface area (Å²) in [5, 5.41) is 9.56. The zero-order chi connectivity index (χ0) is 25.4. The first-order valence-corrected chi connectivity index (χ1v) is 11.6. The molecule has 0 aliphatic carbocycles. The molecule has 1 aliphatic rings. The lowest BCUT2D eigenvalue weighted by Crippen LogP contribution is -2.43. The van der Waals surface area contributed by atoms with E-state index in [1.807, 2.05) is 6.07 Å². The molecule has 7 heteroatoms. The second-order valence-corrected chi connectivity index (χ2v) is 8.32. The molecular formula is C28H29FN2O4. The summed E-state index contributed by atoms with van der Waals surface area (Å²) in [6.07, 6.45) is 5.33. The Labute approximate surface area is 205 Å². The fourth-order valence-corrected chi connectivity index (χ4v) is 3.83. The van der Waals surface area contributed by atoms with Crippen LogP contribution < -0.4 is 9.47 Å². The summed E-state index contributed by atoms with van der Waals surface area (Å²) >= 11 is 0. The standard InChI is InChI=1S/C28H29FN2O4/c1-4-5-6-7-14-31-27(32)23(19(2)24(17-30)28(31)33)15-21-10-13-25(26(16-21)34-3)35-18-20-8-11-22(29)12-9-20/h8-13,15-16H,4-7,14,18H2,1-3H3/b23-15+. The van der Waals surface area contributed by atoms with Crippen LogP contribution >= 0.6 is 0 Å². The summed E-state index contributed by atoms with van der Waals surface area (Å²) in [6, 6.07) is 13.2. The molecule has 0 spiro atoms. The van der Waals surface area contributed by atoms with E-state index in [0.717, 1.165) is 24.8 Å². The van der Waals surface area contributed by atoms with Gasteiger partial charge in [0.1, 0.15) is 24.1 Å². The van der Waals surface area contributed by atoms with Crippen LogP contribution in [0, 0.1) is 17.1 Å². The number of amides is 2. The Morgan fingerprint density at radius 3 is 2.43 bits per heavy atom. The minimum Gasteiger partial charge on any atom is -0.493 e. The summed E-state index contributed by atoms with van der Waals surface area (Å²) in [6.45, 7) is 4.22. The van der Waals surface area contributed by atoms with Gasteiger partial charge in [-0.2, -0.15) is 5.26 Å². The third-order valence-electron chi connectivity index (χ3n) is 5.87. The lowest BCUT2D eigenvalue weighted by atomic mass is 9.93. The number of benzene rings is 2. The van der Waals surface area contributed by atoms with Crippen LogP contribution in [0.3, 0.4) is 0 Å². The van der Waals surface area contributed by atoms with Gasteiger partial charge in [0, 0.05) is 12.1 Å². The van der Waals surface area contributed by atoms with Crippen molar-refractivity contribution in [1.82, 2.24) is 4.90 Å². The van der Waals surface area contributed by atoms with Crippen molar-refractivity contribution in [2.24, 2.45) is 0 Å². The third kappa shape index (κ3) is 6.15. The van der Waals surface area contributed by atoms with Gasteiger partial charge in [-0.3, -0.25) is 14.5 Å². The van der Waals surface area contributed by atoms with Gasteiger partial charge in [-0.25, -0.2) is 4.39 Å². The lowest BCUT2D eigenvalue weighted by Gasteiger charge is -2.27. The molecule has 6 nitrogen and oxygen atoms in total. The largest absolute Gasteiger partial charge is 0.493 e. The van der Waals surface area contributed by atoms with Gasteiger partial charge in [-0.05, 0) is 60.4 Å². The molecule has 2 aromatic rings. The fraction of sp³-hybridized carbons (Fsp3) is 0.321. The molecule has 0 N–H and O–H groups in total. The number of carbonyl (C=O) groups is 2. The molecule has 0 bridgehead atoms. The highest BCUT2D eigenvalue weighted by atomic mass is 19.1. The van der Waals surface area contributed by atoms with Gasteiger partial charge >= 0.3 is 0 Å². The Morgan fingerprint density at radius 1 is 1.03 bits per heavy atom. The quantitative estimate of drug-likeness (QED) is 0.254. The third-order valence-corrected chi connectivity index (χ3v) is 5.87. The van der Waals surface area contributed by atoms with Crippen LogP contribution in [0.2, 0.25) is 0 Å². The highest BCUT2D eigenvalue weighted by Gasteiger charge is 2.35. The van der Waals surface area contributed by atoms with Crippen LogP contribution in [0.15, 0.2) is 59.2 Å². The smallest absolute Gasteiger partial charge is 0.271 e. The molecule has 2 aromatic carbocycles. The Morgan fingerprint density at radius 2 is 1.77 bits per heavy atom. The number of ether oxygens (including phenoxy) is 2. The molecule has 0 atom stereocenters. The minimum atomic E-state index is -0.536. The van der Waals surface area contributed by atoms with Crippen molar-refractivity contribution in [2.45, 2.75) is 46.1 Å². The zero-order valence-corrected chi connectivity index (χ0v) is 20.3. The minimum absolute atomic E-state index is 0.0162.